The van der Waals surface area contributed by atoms with Gasteiger partial charge in [0.05, 0.1) is 0 Å². The predicted octanol–water partition coefficient (Wildman–Crippen LogP) is -2.04. The molecule has 0 heterocycles. The molecule has 0 amide bonds. The van der Waals surface area contributed by atoms with Gasteiger partial charge < -0.3 is 9.90 Å². The molecule has 0 N–H and O–H groups in total. The van der Waals surface area contributed by atoms with Crippen LogP contribution in [0, 0.1) is 5.92 Å². The SMILES string of the molecule is CCCC[C@@H](CC)C(=O)[O-].[Na+]. The van der Waals surface area contributed by atoms with Crippen LogP contribution in [0.1, 0.15) is 39.5 Å². The quantitative estimate of drug-likeness (QED) is 0.441. The molecule has 0 aromatic carbocycles. The van der Waals surface area contributed by atoms with Crippen LogP contribution < -0.4 is 34.7 Å². The third-order valence-corrected chi connectivity index (χ3v) is 1.73. The third kappa shape index (κ3) is 6.85. The van der Waals surface area contributed by atoms with Gasteiger partial charge in [-0.05, 0) is 18.8 Å². The van der Waals surface area contributed by atoms with Gasteiger partial charge in [-0.15, -0.1) is 0 Å². The molecular weight excluding hydrogens is 151 g/mol. The summed E-state index contributed by atoms with van der Waals surface area (Å²) < 4.78 is 0. The molecule has 1 atom stereocenters. The molecule has 0 saturated carbocycles. The van der Waals surface area contributed by atoms with Crippen molar-refractivity contribution in [2.45, 2.75) is 39.5 Å². The molecule has 0 aliphatic rings. The van der Waals surface area contributed by atoms with E-state index in [9.17, 15) is 9.90 Å². The van der Waals surface area contributed by atoms with Crippen LogP contribution in [0.4, 0.5) is 0 Å². The normalized spacial score (nSPS) is 11.8. The Labute approximate surface area is 90.7 Å². The van der Waals surface area contributed by atoms with Crippen molar-refractivity contribution in [1.82, 2.24) is 0 Å². The first-order valence-electron chi connectivity index (χ1n) is 3.93. The first-order valence-corrected chi connectivity index (χ1v) is 3.93. The van der Waals surface area contributed by atoms with Crippen LogP contribution in [0.25, 0.3) is 0 Å². The van der Waals surface area contributed by atoms with Gasteiger partial charge in [0.15, 0.2) is 0 Å². The van der Waals surface area contributed by atoms with Gasteiger partial charge in [-0.2, -0.15) is 0 Å². The molecule has 0 bridgehead atoms. The van der Waals surface area contributed by atoms with Crippen LogP contribution in [0.5, 0.6) is 0 Å². The summed E-state index contributed by atoms with van der Waals surface area (Å²) in [4.78, 5) is 10.3. The zero-order valence-corrected chi connectivity index (χ0v) is 9.72. The monoisotopic (exact) mass is 166 g/mol. The number of carboxylic acids is 1. The zero-order valence-electron chi connectivity index (χ0n) is 7.72. The number of carbonyl (C=O) groups is 1. The average molecular weight is 166 g/mol. The number of hydrogen-bond acceptors (Lipinski definition) is 2. The molecule has 0 rings (SSSR count). The molecule has 0 saturated heterocycles. The van der Waals surface area contributed by atoms with Crippen LogP contribution in [0.15, 0.2) is 0 Å². The Morgan fingerprint density at radius 1 is 1.45 bits per heavy atom. The number of rotatable bonds is 5. The van der Waals surface area contributed by atoms with E-state index in [1.807, 2.05) is 6.92 Å². The summed E-state index contributed by atoms with van der Waals surface area (Å²) in [6, 6.07) is 0. The van der Waals surface area contributed by atoms with Crippen molar-refractivity contribution in [1.29, 1.82) is 0 Å². The number of carboxylic acid groups (broad SMARTS) is 1. The summed E-state index contributed by atoms with van der Waals surface area (Å²) in [5, 5.41) is 10.3. The standard InChI is InChI=1S/C8H16O2.Na/c1-3-5-6-7(4-2)8(9)10;/h7H,3-6H2,1-2H3,(H,9,10);/q;+1/p-1/t7-;/m1./s1. The van der Waals surface area contributed by atoms with Crippen molar-refractivity contribution >= 4 is 5.97 Å². The van der Waals surface area contributed by atoms with Crippen LogP contribution >= 0.6 is 0 Å². The van der Waals surface area contributed by atoms with E-state index in [1.165, 1.54) is 0 Å². The molecule has 60 valence electrons. The minimum atomic E-state index is -0.893. The number of aliphatic carboxylic acids is 1. The smallest absolute Gasteiger partial charge is 0.550 e. The van der Waals surface area contributed by atoms with Crippen LogP contribution in [0.3, 0.4) is 0 Å². The molecule has 0 aliphatic heterocycles. The summed E-state index contributed by atoms with van der Waals surface area (Å²) in [5.74, 6) is -1.11. The topological polar surface area (TPSA) is 40.1 Å². The van der Waals surface area contributed by atoms with Crippen LogP contribution in [0.2, 0.25) is 0 Å². The molecule has 0 unspecified atom stereocenters. The van der Waals surface area contributed by atoms with E-state index in [2.05, 4.69) is 6.92 Å². The van der Waals surface area contributed by atoms with Crippen LogP contribution in [-0.2, 0) is 4.79 Å². The summed E-state index contributed by atoms with van der Waals surface area (Å²) in [7, 11) is 0. The maximum absolute atomic E-state index is 10.3. The van der Waals surface area contributed by atoms with Gasteiger partial charge in [0.1, 0.15) is 0 Å². The second-order valence-electron chi connectivity index (χ2n) is 2.57. The maximum atomic E-state index is 10.3. The summed E-state index contributed by atoms with van der Waals surface area (Å²) in [6.45, 7) is 3.94. The van der Waals surface area contributed by atoms with Crippen molar-refractivity contribution in [3.63, 3.8) is 0 Å². The molecular formula is C8H15NaO2. The van der Waals surface area contributed by atoms with E-state index in [0.29, 0.717) is 6.42 Å². The van der Waals surface area contributed by atoms with Gasteiger partial charge in [-0.3, -0.25) is 0 Å². The molecule has 0 fully saturated rings. The molecule has 2 nitrogen and oxygen atoms in total. The van der Waals surface area contributed by atoms with E-state index >= 15 is 0 Å². The first kappa shape index (κ1) is 14.0. The van der Waals surface area contributed by atoms with Crippen molar-refractivity contribution in [2.24, 2.45) is 5.92 Å². The Morgan fingerprint density at radius 3 is 2.27 bits per heavy atom. The molecule has 0 aromatic heterocycles. The fraction of sp³-hybridized carbons (Fsp3) is 0.875. The minimum Gasteiger partial charge on any atom is -0.550 e. The van der Waals surface area contributed by atoms with Gasteiger partial charge >= 0.3 is 29.6 Å². The van der Waals surface area contributed by atoms with E-state index in [4.69, 9.17) is 0 Å². The van der Waals surface area contributed by atoms with Crippen molar-refractivity contribution < 1.29 is 39.5 Å². The van der Waals surface area contributed by atoms with E-state index < -0.39 is 5.97 Å². The van der Waals surface area contributed by atoms with Gasteiger partial charge in [-0.25, -0.2) is 0 Å². The molecule has 11 heavy (non-hydrogen) atoms. The average Bonchev–Trinajstić information content (AvgIpc) is 1.89. The molecule has 0 radical (unpaired) electrons. The van der Waals surface area contributed by atoms with Gasteiger partial charge in [0.2, 0.25) is 0 Å². The van der Waals surface area contributed by atoms with E-state index in [-0.39, 0.29) is 35.5 Å². The Hall–Kier alpha value is 0.470. The van der Waals surface area contributed by atoms with Gasteiger partial charge in [-0.1, -0.05) is 26.7 Å². The second kappa shape index (κ2) is 8.57. The van der Waals surface area contributed by atoms with E-state index in [0.717, 1.165) is 19.3 Å². The summed E-state index contributed by atoms with van der Waals surface area (Å²) in [5.41, 5.74) is 0. The number of hydrogen-bond donors (Lipinski definition) is 0. The van der Waals surface area contributed by atoms with Crippen molar-refractivity contribution in [3.05, 3.63) is 0 Å². The van der Waals surface area contributed by atoms with Crippen molar-refractivity contribution in [3.8, 4) is 0 Å². The fourth-order valence-electron chi connectivity index (χ4n) is 0.939. The predicted molar refractivity (Wildman–Crippen MR) is 38.3 cm³/mol. The maximum Gasteiger partial charge on any atom is 1.00 e. The second-order valence-corrected chi connectivity index (χ2v) is 2.57. The Morgan fingerprint density at radius 2 is 2.00 bits per heavy atom. The fourth-order valence-corrected chi connectivity index (χ4v) is 0.939. The van der Waals surface area contributed by atoms with Crippen molar-refractivity contribution in [2.75, 3.05) is 0 Å². The number of carbonyl (C=O) groups excluding carboxylic acids is 1. The Bertz CT molecular complexity index is 104. The molecule has 0 aromatic rings. The zero-order chi connectivity index (χ0) is 7.98. The van der Waals surface area contributed by atoms with E-state index in [1.54, 1.807) is 0 Å². The largest absolute Gasteiger partial charge is 1.00 e. The third-order valence-electron chi connectivity index (χ3n) is 1.73. The molecule has 3 heteroatoms. The minimum absolute atomic E-state index is 0. The summed E-state index contributed by atoms with van der Waals surface area (Å²) >= 11 is 0. The summed E-state index contributed by atoms with van der Waals surface area (Å²) in [6.07, 6.45) is 3.52. The first-order chi connectivity index (χ1) is 4.72. The molecule has 0 aliphatic carbocycles. The Kier molecular flexibility index (Phi) is 10.9. The molecule has 0 spiro atoms. The van der Waals surface area contributed by atoms with Crippen LogP contribution in [-0.4, -0.2) is 5.97 Å². The number of unbranched alkanes of at least 4 members (excludes halogenated alkanes) is 1. The van der Waals surface area contributed by atoms with Gasteiger partial charge in [0.25, 0.3) is 0 Å². The Balaban J connectivity index is 0. The van der Waals surface area contributed by atoms with Gasteiger partial charge in [0, 0.05) is 5.97 Å².